The zero-order valence-electron chi connectivity index (χ0n) is 15.9. The summed E-state index contributed by atoms with van der Waals surface area (Å²) in [7, 11) is -1.33. The van der Waals surface area contributed by atoms with Crippen LogP contribution in [0, 0.1) is 0 Å². The highest BCUT2D eigenvalue weighted by Gasteiger charge is 2.23. The summed E-state index contributed by atoms with van der Waals surface area (Å²) in [6, 6.07) is 10.4. The molecule has 0 bridgehead atoms. The van der Waals surface area contributed by atoms with Crippen LogP contribution in [0.15, 0.2) is 30.8 Å². The molecule has 1 aromatic rings. The average Bonchev–Trinajstić information content (AvgIpc) is 2.56. The summed E-state index contributed by atoms with van der Waals surface area (Å²) in [6.07, 6.45) is 8.59. The van der Waals surface area contributed by atoms with Crippen molar-refractivity contribution in [1.82, 2.24) is 4.90 Å². The van der Waals surface area contributed by atoms with Crippen molar-refractivity contribution in [3.8, 4) is 0 Å². The standard InChI is InChI=1S/C21H37NSi/c1-6-9-15-22(16-10-7-2)17-12-18-23(4,5)21-14-11-13-20(8-3)19-21/h8,11,13-14,19H,3,6-7,9-10,12,15-18H2,1-2,4-5H3. The fourth-order valence-electron chi connectivity index (χ4n) is 3.07. The molecule has 0 heterocycles. The Hall–Kier alpha value is -0.863. The number of hydrogen-bond acceptors (Lipinski definition) is 1. The van der Waals surface area contributed by atoms with Crippen LogP contribution in [-0.4, -0.2) is 32.6 Å². The van der Waals surface area contributed by atoms with E-state index in [9.17, 15) is 0 Å². The van der Waals surface area contributed by atoms with Gasteiger partial charge in [0, 0.05) is 0 Å². The summed E-state index contributed by atoms with van der Waals surface area (Å²) in [5, 5.41) is 1.57. The molecule has 0 fully saturated rings. The second-order valence-corrected chi connectivity index (χ2v) is 12.2. The van der Waals surface area contributed by atoms with Gasteiger partial charge in [-0.2, -0.15) is 0 Å². The molecule has 2 heteroatoms. The lowest BCUT2D eigenvalue weighted by Crippen LogP contribution is -2.42. The van der Waals surface area contributed by atoms with Gasteiger partial charge in [0.05, 0.1) is 8.07 Å². The lowest BCUT2D eigenvalue weighted by Gasteiger charge is -2.26. The summed E-state index contributed by atoms with van der Waals surface area (Å²) < 4.78 is 0. The molecule has 23 heavy (non-hydrogen) atoms. The minimum Gasteiger partial charge on any atom is -0.303 e. The van der Waals surface area contributed by atoms with Gasteiger partial charge in [-0.3, -0.25) is 0 Å². The van der Waals surface area contributed by atoms with E-state index in [1.807, 2.05) is 6.08 Å². The Morgan fingerprint density at radius 2 is 1.61 bits per heavy atom. The largest absolute Gasteiger partial charge is 0.303 e. The topological polar surface area (TPSA) is 3.24 Å². The minimum atomic E-state index is -1.33. The second kappa shape index (κ2) is 10.8. The van der Waals surface area contributed by atoms with E-state index >= 15 is 0 Å². The SMILES string of the molecule is C=Cc1cccc([Si](C)(C)CCCN(CCCC)CCCC)c1. The molecule has 0 radical (unpaired) electrons. The van der Waals surface area contributed by atoms with Crippen molar-refractivity contribution < 1.29 is 0 Å². The van der Waals surface area contributed by atoms with Crippen molar-refractivity contribution in [2.24, 2.45) is 0 Å². The van der Waals surface area contributed by atoms with Gasteiger partial charge in [-0.1, -0.05) is 87.9 Å². The lowest BCUT2D eigenvalue weighted by atomic mass is 10.2. The molecule has 0 aliphatic carbocycles. The van der Waals surface area contributed by atoms with E-state index in [2.05, 4.69) is 62.7 Å². The molecular weight excluding hydrogens is 294 g/mol. The maximum atomic E-state index is 3.91. The van der Waals surface area contributed by atoms with Crippen molar-refractivity contribution in [2.75, 3.05) is 19.6 Å². The normalized spacial score (nSPS) is 11.9. The number of benzene rings is 1. The third-order valence-electron chi connectivity index (χ3n) is 4.84. The average molecular weight is 332 g/mol. The molecule has 0 aliphatic rings. The fourth-order valence-corrected chi connectivity index (χ4v) is 5.51. The minimum absolute atomic E-state index is 1.26. The molecule has 0 N–H and O–H groups in total. The van der Waals surface area contributed by atoms with Crippen LogP contribution in [0.2, 0.25) is 19.1 Å². The molecular formula is C21H37NSi. The quantitative estimate of drug-likeness (QED) is 0.455. The van der Waals surface area contributed by atoms with Crippen LogP contribution in [0.25, 0.3) is 6.08 Å². The van der Waals surface area contributed by atoms with E-state index in [1.54, 1.807) is 5.19 Å². The predicted molar refractivity (Wildman–Crippen MR) is 109 cm³/mol. The van der Waals surface area contributed by atoms with Gasteiger partial charge >= 0.3 is 0 Å². The van der Waals surface area contributed by atoms with Crippen LogP contribution < -0.4 is 5.19 Å². The highest BCUT2D eigenvalue weighted by atomic mass is 28.3. The summed E-state index contributed by atoms with van der Waals surface area (Å²) in [6.45, 7) is 17.4. The third kappa shape index (κ3) is 7.50. The highest BCUT2D eigenvalue weighted by molar-refractivity contribution is 6.89. The van der Waals surface area contributed by atoms with Gasteiger partial charge in [0.2, 0.25) is 0 Å². The monoisotopic (exact) mass is 331 g/mol. The first-order valence-corrected chi connectivity index (χ1v) is 12.7. The Bertz CT molecular complexity index is 445. The maximum absolute atomic E-state index is 3.91. The molecule has 0 aromatic heterocycles. The molecule has 1 nitrogen and oxygen atoms in total. The van der Waals surface area contributed by atoms with E-state index in [4.69, 9.17) is 0 Å². The molecule has 0 atom stereocenters. The summed E-state index contributed by atoms with van der Waals surface area (Å²) in [4.78, 5) is 2.69. The predicted octanol–water partition coefficient (Wildman–Crippen LogP) is 5.54. The Morgan fingerprint density at radius 3 is 2.17 bits per heavy atom. The molecule has 0 spiro atoms. The van der Waals surface area contributed by atoms with Gasteiger partial charge in [0.25, 0.3) is 0 Å². The molecule has 130 valence electrons. The highest BCUT2D eigenvalue weighted by Crippen LogP contribution is 2.15. The zero-order chi connectivity index (χ0) is 17.1. The van der Waals surface area contributed by atoms with Crippen LogP contribution in [0.5, 0.6) is 0 Å². The number of rotatable bonds is 12. The number of hydrogen-bond donors (Lipinski definition) is 0. The van der Waals surface area contributed by atoms with Crippen LogP contribution in [0.3, 0.4) is 0 Å². The van der Waals surface area contributed by atoms with Gasteiger partial charge in [0.1, 0.15) is 0 Å². The molecule has 0 amide bonds. The Morgan fingerprint density at radius 1 is 1.00 bits per heavy atom. The van der Waals surface area contributed by atoms with Gasteiger partial charge in [-0.05, 0) is 44.5 Å². The molecule has 0 saturated heterocycles. The van der Waals surface area contributed by atoms with Crippen molar-refractivity contribution in [1.29, 1.82) is 0 Å². The zero-order valence-corrected chi connectivity index (χ0v) is 16.9. The van der Waals surface area contributed by atoms with E-state index in [1.165, 1.54) is 63.3 Å². The number of unbranched alkanes of at least 4 members (excludes halogenated alkanes) is 2. The van der Waals surface area contributed by atoms with Crippen LogP contribution in [-0.2, 0) is 0 Å². The van der Waals surface area contributed by atoms with Gasteiger partial charge in [-0.25, -0.2) is 0 Å². The van der Waals surface area contributed by atoms with Crippen molar-refractivity contribution in [3.05, 3.63) is 36.4 Å². The lowest BCUT2D eigenvalue weighted by molar-refractivity contribution is 0.265. The first kappa shape index (κ1) is 20.2. The molecule has 0 saturated carbocycles. The van der Waals surface area contributed by atoms with Crippen LogP contribution in [0.1, 0.15) is 51.5 Å². The van der Waals surface area contributed by atoms with Crippen molar-refractivity contribution in [2.45, 2.75) is 65.1 Å². The Labute approximate surface area is 145 Å². The van der Waals surface area contributed by atoms with Crippen LogP contribution in [0.4, 0.5) is 0 Å². The van der Waals surface area contributed by atoms with Crippen molar-refractivity contribution >= 4 is 19.3 Å². The van der Waals surface area contributed by atoms with Gasteiger partial charge in [0.15, 0.2) is 0 Å². The number of nitrogens with zero attached hydrogens (tertiary/aromatic N) is 1. The third-order valence-corrected chi connectivity index (χ3v) is 8.31. The van der Waals surface area contributed by atoms with Crippen molar-refractivity contribution in [3.63, 3.8) is 0 Å². The summed E-state index contributed by atoms with van der Waals surface area (Å²) >= 11 is 0. The van der Waals surface area contributed by atoms with E-state index in [0.29, 0.717) is 0 Å². The van der Waals surface area contributed by atoms with Gasteiger partial charge in [-0.15, -0.1) is 0 Å². The first-order valence-electron chi connectivity index (χ1n) is 9.48. The van der Waals surface area contributed by atoms with Crippen LogP contribution >= 0.6 is 0 Å². The van der Waals surface area contributed by atoms with E-state index in [0.717, 1.165) is 0 Å². The Balaban J connectivity index is 2.53. The first-order chi connectivity index (χ1) is 11.0. The Kier molecular flexibility index (Phi) is 9.50. The summed E-state index contributed by atoms with van der Waals surface area (Å²) in [5.74, 6) is 0. The second-order valence-electron chi connectivity index (χ2n) is 7.37. The maximum Gasteiger partial charge on any atom is 0.0807 e. The smallest absolute Gasteiger partial charge is 0.0807 e. The molecule has 0 unspecified atom stereocenters. The van der Waals surface area contributed by atoms with E-state index < -0.39 is 8.07 Å². The summed E-state index contributed by atoms with van der Waals surface area (Å²) in [5.41, 5.74) is 1.26. The van der Waals surface area contributed by atoms with E-state index in [-0.39, 0.29) is 0 Å². The fraction of sp³-hybridized carbons (Fsp3) is 0.619. The van der Waals surface area contributed by atoms with Gasteiger partial charge < -0.3 is 4.90 Å². The molecule has 0 aliphatic heterocycles. The molecule has 1 rings (SSSR count). The molecule has 1 aromatic carbocycles.